The molecular formula is C26H31N3O4. The van der Waals surface area contributed by atoms with Crippen LogP contribution in [0.3, 0.4) is 0 Å². The van der Waals surface area contributed by atoms with Crippen LogP contribution in [-0.4, -0.2) is 96.2 Å². The highest BCUT2D eigenvalue weighted by molar-refractivity contribution is 5.88. The number of nitrogens with zero attached hydrogens (tertiary/aromatic N) is 3. The Morgan fingerprint density at radius 1 is 1.09 bits per heavy atom. The topological polar surface area (TPSA) is 73.3 Å². The molecule has 0 unspecified atom stereocenters. The molecule has 0 aromatic heterocycles. The summed E-state index contributed by atoms with van der Waals surface area (Å²) in [6.07, 6.45) is 0. The number of aliphatic hydroxyl groups is 1. The lowest BCUT2D eigenvalue weighted by Crippen LogP contribution is -2.73. The summed E-state index contributed by atoms with van der Waals surface area (Å²) >= 11 is 0. The van der Waals surface area contributed by atoms with E-state index in [1.165, 1.54) is 11.1 Å². The zero-order chi connectivity index (χ0) is 22.9. The summed E-state index contributed by atoms with van der Waals surface area (Å²) in [6, 6.07) is 16.5. The molecule has 7 heteroatoms. The molecule has 2 amide bonds. The number of carbonyl (C=O) groups is 2. The first-order valence-corrected chi connectivity index (χ1v) is 11.7. The maximum atomic E-state index is 12.9. The van der Waals surface area contributed by atoms with Crippen LogP contribution in [0.2, 0.25) is 0 Å². The van der Waals surface area contributed by atoms with E-state index >= 15 is 0 Å². The van der Waals surface area contributed by atoms with Gasteiger partial charge in [-0.05, 0) is 23.6 Å². The molecule has 5 rings (SSSR count). The molecule has 3 heterocycles. The van der Waals surface area contributed by atoms with E-state index in [4.69, 9.17) is 4.74 Å². The number of rotatable bonds is 5. The molecule has 2 aromatic carbocycles. The molecule has 0 aliphatic carbocycles. The van der Waals surface area contributed by atoms with Gasteiger partial charge in [0, 0.05) is 25.6 Å². The summed E-state index contributed by atoms with van der Waals surface area (Å²) < 4.78 is 5.36. The number of hydrogen-bond acceptors (Lipinski definition) is 5. The fourth-order valence-electron chi connectivity index (χ4n) is 5.46. The number of amides is 2. The van der Waals surface area contributed by atoms with E-state index in [0.29, 0.717) is 26.3 Å². The zero-order valence-corrected chi connectivity index (χ0v) is 19.0. The maximum Gasteiger partial charge on any atom is 0.242 e. The second-order valence-corrected chi connectivity index (χ2v) is 9.30. The zero-order valence-electron chi connectivity index (χ0n) is 19.0. The fraction of sp³-hybridized carbons (Fsp3) is 0.462. The number of hydrogen-bond donors (Lipinski definition) is 1. The molecule has 0 radical (unpaired) electrons. The summed E-state index contributed by atoms with van der Waals surface area (Å²) in [5, 5.41) is 10.0. The van der Waals surface area contributed by atoms with E-state index in [2.05, 4.69) is 60.4 Å². The van der Waals surface area contributed by atoms with Crippen molar-refractivity contribution in [3.8, 4) is 11.1 Å². The highest BCUT2D eigenvalue weighted by Crippen LogP contribution is 2.43. The third-order valence-corrected chi connectivity index (χ3v) is 7.21. The van der Waals surface area contributed by atoms with Gasteiger partial charge in [0.1, 0.15) is 0 Å². The summed E-state index contributed by atoms with van der Waals surface area (Å²) in [4.78, 5) is 31.4. The average molecular weight is 450 g/mol. The number of ether oxygens (including phenoxy) is 1. The molecule has 3 aliphatic rings. The number of fused-ring (bicyclic) bond motifs is 1. The molecule has 174 valence electrons. The number of carbonyl (C=O) groups excluding carboxylic acids is 2. The van der Waals surface area contributed by atoms with E-state index < -0.39 is 0 Å². The minimum atomic E-state index is -0.233. The van der Waals surface area contributed by atoms with Crippen molar-refractivity contribution < 1.29 is 19.4 Å². The minimum Gasteiger partial charge on any atom is -0.394 e. The van der Waals surface area contributed by atoms with E-state index in [1.807, 2.05) is 0 Å². The van der Waals surface area contributed by atoms with Gasteiger partial charge in [0.05, 0.1) is 45.0 Å². The Labute approximate surface area is 194 Å². The van der Waals surface area contributed by atoms with Gasteiger partial charge in [-0.25, -0.2) is 0 Å². The first-order chi connectivity index (χ1) is 16.0. The van der Waals surface area contributed by atoms with Crippen LogP contribution < -0.4 is 0 Å². The maximum absolute atomic E-state index is 12.9. The van der Waals surface area contributed by atoms with Crippen LogP contribution in [-0.2, 0) is 14.3 Å². The van der Waals surface area contributed by atoms with Gasteiger partial charge in [0.2, 0.25) is 11.8 Å². The lowest BCUT2D eigenvalue weighted by Gasteiger charge is -2.58. The molecule has 3 aliphatic heterocycles. The Balaban J connectivity index is 1.31. The van der Waals surface area contributed by atoms with Crippen molar-refractivity contribution >= 4 is 11.8 Å². The molecule has 2 aromatic rings. The van der Waals surface area contributed by atoms with Gasteiger partial charge in [-0.2, -0.15) is 0 Å². The molecule has 33 heavy (non-hydrogen) atoms. The van der Waals surface area contributed by atoms with Gasteiger partial charge in [-0.1, -0.05) is 54.1 Å². The predicted molar refractivity (Wildman–Crippen MR) is 125 cm³/mol. The number of morpholine rings is 1. The van der Waals surface area contributed by atoms with Gasteiger partial charge in [0.25, 0.3) is 0 Å². The first-order valence-electron chi connectivity index (χ1n) is 11.7. The van der Waals surface area contributed by atoms with Gasteiger partial charge >= 0.3 is 0 Å². The Bertz CT molecular complexity index is 1020. The second kappa shape index (κ2) is 9.25. The molecule has 0 saturated carbocycles. The number of benzene rings is 2. The number of aryl methyl sites for hydroxylation is 1. The molecule has 1 N–H and O–H groups in total. The van der Waals surface area contributed by atoms with Crippen LogP contribution in [0.25, 0.3) is 11.1 Å². The summed E-state index contributed by atoms with van der Waals surface area (Å²) in [5.74, 6) is -0.0661. The monoisotopic (exact) mass is 449 g/mol. The molecule has 0 spiro atoms. The Morgan fingerprint density at radius 3 is 2.55 bits per heavy atom. The van der Waals surface area contributed by atoms with Gasteiger partial charge < -0.3 is 19.6 Å². The van der Waals surface area contributed by atoms with E-state index in [1.54, 1.807) is 9.80 Å². The van der Waals surface area contributed by atoms with Crippen LogP contribution >= 0.6 is 0 Å². The molecule has 3 fully saturated rings. The highest BCUT2D eigenvalue weighted by Gasteiger charge is 2.54. The summed E-state index contributed by atoms with van der Waals surface area (Å²) in [7, 11) is 0. The van der Waals surface area contributed by atoms with Crippen LogP contribution in [0.5, 0.6) is 0 Å². The van der Waals surface area contributed by atoms with E-state index in [0.717, 1.165) is 24.2 Å². The van der Waals surface area contributed by atoms with Gasteiger partial charge in [0.15, 0.2) is 0 Å². The normalized spacial score (nSPS) is 25.5. The SMILES string of the molecule is Cc1cccc(-c2ccc([C@@H]3[C@@H](CO)N4C(=O)CN(C(=O)CN5CCOCC5)C[C@H]34)cc2)c1. The van der Waals surface area contributed by atoms with Gasteiger partial charge in [-0.3, -0.25) is 14.5 Å². The summed E-state index contributed by atoms with van der Waals surface area (Å²) in [5.41, 5.74) is 4.63. The minimum absolute atomic E-state index is 0.00843. The lowest BCUT2D eigenvalue weighted by molar-refractivity contribution is -0.167. The third-order valence-electron chi connectivity index (χ3n) is 7.21. The quantitative estimate of drug-likeness (QED) is 0.749. The van der Waals surface area contributed by atoms with Gasteiger partial charge in [-0.15, -0.1) is 0 Å². The van der Waals surface area contributed by atoms with Crippen molar-refractivity contribution in [3.63, 3.8) is 0 Å². The second-order valence-electron chi connectivity index (χ2n) is 9.30. The standard InChI is InChI=1S/C26H31N3O4/c1-18-3-2-4-21(13-18)19-5-7-20(8-6-19)26-22-14-28(16-25(32)29(22)23(26)17-30)24(31)15-27-9-11-33-12-10-27/h2-8,13,22-23,26,30H,9-12,14-17H2,1H3/t22-,23-,26+/m1/s1. The predicted octanol–water partition coefficient (Wildman–Crippen LogP) is 1.49. The van der Waals surface area contributed by atoms with Crippen molar-refractivity contribution in [2.45, 2.75) is 24.9 Å². The molecule has 7 nitrogen and oxygen atoms in total. The highest BCUT2D eigenvalue weighted by atomic mass is 16.5. The van der Waals surface area contributed by atoms with Crippen LogP contribution in [0, 0.1) is 6.92 Å². The first kappa shape index (κ1) is 22.1. The third kappa shape index (κ3) is 4.28. The summed E-state index contributed by atoms with van der Waals surface area (Å²) in [6.45, 7) is 5.70. The van der Waals surface area contributed by atoms with Crippen LogP contribution in [0.15, 0.2) is 48.5 Å². The smallest absolute Gasteiger partial charge is 0.242 e. The fourth-order valence-corrected chi connectivity index (χ4v) is 5.46. The molecule has 3 atom stereocenters. The van der Waals surface area contributed by atoms with Crippen molar-refractivity contribution in [1.29, 1.82) is 0 Å². The van der Waals surface area contributed by atoms with Crippen molar-refractivity contribution in [2.75, 3.05) is 52.5 Å². The average Bonchev–Trinajstić information content (AvgIpc) is 2.81. The number of aliphatic hydroxyl groups excluding tert-OH is 1. The molecular weight excluding hydrogens is 418 g/mol. The Morgan fingerprint density at radius 2 is 1.85 bits per heavy atom. The number of piperazine rings is 1. The molecule has 3 saturated heterocycles. The van der Waals surface area contributed by atoms with Crippen LogP contribution in [0.4, 0.5) is 0 Å². The molecule has 0 bridgehead atoms. The lowest BCUT2D eigenvalue weighted by atomic mass is 9.73. The Hall–Kier alpha value is -2.74. The van der Waals surface area contributed by atoms with E-state index in [-0.39, 0.29) is 43.0 Å². The van der Waals surface area contributed by atoms with Crippen molar-refractivity contribution in [1.82, 2.24) is 14.7 Å². The largest absolute Gasteiger partial charge is 0.394 e. The van der Waals surface area contributed by atoms with Crippen molar-refractivity contribution in [2.24, 2.45) is 0 Å². The van der Waals surface area contributed by atoms with Crippen molar-refractivity contribution in [3.05, 3.63) is 59.7 Å². The van der Waals surface area contributed by atoms with E-state index in [9.17, 15) is 14.7 Å². The van der Waals surface area contributed by atoms with Crippen LogP contribution in [0.1, 0.15) is 17.0 Å². The Kier molecular flexibility index (Phi) is 6.19.